The molecule has 0 bridgehead atoms. The minimum atomic E-state index is -1.57. The largest absolute Gasteiger partial charge is 0.367 e. The Balaban J connectivity index is 1.86. The number of rotatable bonds is 5. The molecular weight excluding hydrogens is 377 g/mol. The van der Waals surface area contributed by atoms with Crippen molar-refractivity contribution in [1.29, 1.82) is 0 Å². The number of hydrogen-bond donors (Lipinski definition) is 4. The summed E-state index contributed by atoms with van der Waals surface area (Å²) in [6.45, 7) is 1.67. The van der Waals surface area contributed by atoms with Crippen molar-refractivity contribution in [3.05, 3.63) is 65.0 Å². The van der Waals surface area contributed by atoms with E-state index in [1.807, 2.05) is 0 Å². The number of aryl methyl sites for hydroxylation is 1. The number of carbonyl (C=O) groups is 3. The number of amides is 3. The van der Waals surface area contributed by atoms with E-state index in [4.69, 9.17) is 5.73 Å². The first-order valence-corrected chi connectivity index (χ1v) is 8.79. The summed E-state index contributed by atoms with van der Waals surface area (Å²) in [5, 5.41) is 7.98. The number of hydrogen-bond acceptors (Lipinski definition) is 5. The van der Waals surface area contributed by atoms with Crippen LogP contribution >= 0.6 is 0 Å². The third-order valence-electron chi connectivity index (χ3n) is 4.76. The van der Waals surface area contributed by atoms with Gasteiger partial charge in [-0.25, -0.2) is 4.39 Å². The number of nitrogens with one attached hydrogen (secondary N) is 3. The molecule has 0 fully saturated rings. The van der Waals surface area contributed by atoms with Gasteiger partial charge < -0.3 is 16.4 Å². The number of primary amides is 1. The first-order chi connectivity index (χ1) is 13.8. The average molecular weight is 397 g/mol. The van der Waals surface area contributed by atoms with Crippen LogP contribution in [0.3, 0.4) is 0 Å². The number of carbonyl (C=O) groups excluding carboxylic acids is 3. The Hall–Kier alpha value is -3.59. The summed E-state index contributed by atoms with van der Waals surface area (Å²) >= 11 is 0. The SMILES string of the molecule is CNC(=O)C1=NCNC1(C(N)=O)c1ccc(NC(=O)c2ccc(C)c(F)c2)cc1. The van der Waals surface area contributed by atoms with Crippen molar-refractivity contribution in [2.24, 2.45) is 10.7 Å². The summed E-state index contributed by atoms with van der Waals surface area (Å²) in [6.07, 6.45) is 0. The van der Waals surface area contributed by atoms with Gasteiger partial charge in [0.15, 0.2) is 5.54 Å². The van der Waals surface area contributed by atoms with Crippen LogP contribution in [0.4, 0.5) is 10.1 Å². The number of nitrogens with zero attached hydrogens (tertiary/aromatic N) is 1. The van der Waals surface area contributed by atoms with Gasteiger partial charge in [0.05, 0.1) is 6.67 Å². The Morgan fingerprint density at radius 3 is 2.41 bits per heavy atom. The Morgan fingerprint density at radius 1 is 1.14 bits per heavy atom. The van der Waals surface area contributed by atoms with E-state index in [2.05, 4.69) is 20.9 Å². The molecule has 2 aromatic carbocycles. The smallest absolute Gasteiger partial charge is 0.267 e. The molecule has 0 aromatic heterocycles. The van der Waals surface area contributed by atoms with E-state index in [-0.39, 0.29) is 17.9 Å². The molecule has 0 saturated carbocycles. The lowest BCUT2D eigenvalue weighted by Gasteiger charge is -2.27. The zero-order valence-corrected chi connectivity index (χ0v) is 15.9. The minimum absolute atomic E-state index is 0.0283. The van der Waals surface area contributed by atoms with Gasteiger partial charge in [-0.15, -0.1) is 0 Å². The lowest BCUT2D eigenvalue weighted by Crippen LogP contribution is -2.58. The fourth-order valence-electron chi connectivity index (χ4n) is 3.13. The quantitative estimate of drug-likeness (QED) is 0.596. The van der Waals surface area contributed by atoms with Crippen LogP contribution in [0, 0.1) is 12.7 Å². The van der Waals surface area contributed by atoms with Crippen molar-refractivity contribution in [1.82, 2.24) is 10.6 Å². The number of halogens is 1. The van der Waals surface area contributed by atoms with E-state index >= 15 is 0 Å². The summed E-state index contributed by atoms with van der Waals surface area (Å²) in [4.78, 5) is 40.8. The van der Waals surface area contributed by atoms with E-state index in [0.29, 0.717) is 16.8 Å². The van der Waals surface area contributed by atoms with Crippen molar-refractivity contribution < 1.29 is 18.8 Å². The molecule has 1 atom stereocenters. The fraction of sp³-hybridized carbons (Fsp3) is 0.200. The molecule has 0 spiro atoms. The number of aliphatic imine (C=N–C) groups is 1. The molecule has 1 aliphatic rings. The molecule has 29 heavy (non-hydrogen) atoms. The molecule has 1 aliphatic heterocycles. The Bertz CT molecular complexity index is 1020. The van der Waals surface area contributed by atoms with Crippen molar-refractivity contribution in [2.75, 3.05) is 19.0 Å². The number of benzene rings is 2. The second kappa shape index (κ2) is 7.80. The van der Waals surface area contributed by atoms with Crippen LogP contribution in [0.15, 0.2) is 47.5 Å². The van der Waals surface area contributed by atoms with E-state index in [1.165, 1.54) is 19.2 Å². The molecule has 9 heteroatoms. The third kappa shape index (κ3) is 3.59. The van der Waals surface area contributed by atoms with Crippen LogP contribution < -0.4 is 21.7 Å². The molecule has 5 N–H and O–H groups in total. The highest BCUT2D eigenvalue weighted by Crippen LogP contribution is 2.28. The maximum absolute atomic E-state index is 13.7. The average Bonchev–Trinajstić information content (AvgIpc) is 3.16. The molecule has 0 radical (unpaired) electrons. The molecular formula is C20H20FN5O3. The molecule has 0 saturated heterocycles. The molecule has 150 valence electrons. The van der Waals surface area contributed by atoms with E-state index in [1.54, 1.807) is 31.2 Å². The van der Waals surface area contributed by atoms with Gasteiger partial charge in [-0.2, -0.15) is 0 Å². The van der Waals surface area contributed by atoms with Gasteiger partial charge in [0.1, 0.15) is 11.5 Å². The number of nitrogens with two attached hydrogens (primary N) is 1. The van der Waals surface area contributed by atoms with E-state index in [9.17, 15) is 18.8 Å². The van der Waals surface area contributed by atoms with Gasteiger partial charge in [-0.05, 0) is 42.3 Å². The summed E-state index contributed by atoms with van der Waals surface area (Å²) in [5.41, 5.74) is 5.46. The van der Waals surface area contributed by atoms with Crippen LogP contribution in [-0.2, 0) is 15.1 Å². The van der Waals surface area contributed by atoms with Crippen molar-refractivity contribution in [3.8, 4) is 0 Å². The molecule has 3 rings (SSSR count). The third-order valence-corrected chi connectivity index (χ3v) is 4.76. The highest BCUT2D eigenvalue weighted by atomic mass is 19.1. The Kier molecular flexibility index (Phi) is 5.42. The van der Waals surface area contributed by atoms with E-state index < -0.39 is 29.1 Å². The maximum Gasteiger partial charge on any atom is 0.267 e. The van der Waals surface area contributed by atoms with Crippen molar-refractivity contribution in [2.45, 2.75) is 12.5 Å². The predicted molar refractivity (Wildman–Crippen MR) is 106 cm³/mol. The van der Waals surface area contributed by atoms with Crippen molar-refractivity contribution >= 4 is 29.1 Å². The van der Waals surface area contributed by atoms with Gasteiger partial charge in [0.25, 0.3) is 11.8 Å². The van der Waals surface area contributed by atoms with Crippen LogP contribution in [0.1, 0.15) is 21.5 Å². The predicted octanol–water partition coefficient (Wildman–Crippen LogP) is 0.815. The van der Waals surface area contributed by atoms with Gasteiger partial charge in [0.2, 0.25) is 5.91 Å². The van der Waals surface area contributed by atoms with Crippen LogP contribution in [-0.4, -0.2) is 37.1 Å². The van der Waals surface area contributed by atoms with Crippen LogP contribution in [0.5, 0.6) is 0 Å². The standard InChI is InChI=1S/C20H20FN5O3/c1-11-3-4-12(9-15(11)21)17(27)26-14-7-5-13(6-8-14)20(19(22)29)16(18(28)23-2)24-10-25-20/h3-9,25H,10H2,1-2H3,(H2,22,29)(H,23,28)(H,26,27). The normalized spacial score (nSPS) is 18.1. The minimum Gasteiger partial charge on any atom is -0.367 e. The second-order valence-electron chi connectivity index (χ2n) is 6.53. The zero-order chi connectivity index (χ0) is 21.2. The van der Waals surface area contributed by atoms with E-state index in [0.717, 1.165) is 6.07 Å². The van der Waals surface area contributed by atoms with Crippen molar-refractivity contribution in [3.63, 3.8) is 0 Å². The first-order valence-electron chi connectivity index (χ1n) is 8.79. The van der Waals surface area contributed by atoms with Crippen LogP contribution in [0.25, 0.3) is 0 Å². The molecule has 2 aromatic rings. The summed E-state index contributed by atoms with van der Waals surface area (Å²) in [5.74, 6) is -2.24. The van der Waals surface area contributed by atoms with Gasteiger partial charge in [-0.1, -0.05) is 18.2 Å². The Labute approximate surface area is 166 Å². The molecule has 1 heterocycles. The molecule has 1 unspecified atom stereocenters. The monoisotopic (exact) mass is 397 g/mol. The highest BCUT2D eigenvalue weighted by Gasteiger charge is 2.49. The molecule has 0 aliphatic carbocycles. The number of anilines is 1. The first kappa shape index (κ1) is 20.2. The highest BCUT2D eigenvalue weighted by molar-refractivity contribution is 6.47. The van der Waals surface area contributed by atoms with Gasteiger partial charge >= 0.3 is 0 Å². The molecule has 8 nitrogen and oxygen atoms in total. The molecule has 3 amide bonds. The fourth-order valence-corrected chi connectivity index (χ4v) is 3.13. The lowest BCUT2D eigenvalue weighted by atomic mass is 9.84. The topological polar surface area (TPSA) is 126 Å². The second-order valence-corrected chi connectivity index (χ2v) is 6.53. The van der Waals surface area contributed by atoms with Gasteiger partial charge in [0, 0.05) is 18.3 Å². The summed E-state index contributed by atoms with van der Waals surface area (Å²) < 4.78 is 13.7. The summed E-state index contributed by atoms with van der Waals surface area (Å²) in [7, 11) is 1.43. The zero-order valence-electron chi connectivity index (χ0n) is 15.9. The lowest BCUT2D eigenvalue weighted by molar-refractivity contribution is -0.123. The maximum atomic E-state index is 13.7. The van der Waals surface area contributed by atoms with Gasteiger partial charge in [-0.3, -0.25) is 24.7 Å². The van der Waals surface area contributed by atoms with Crippen LogP contribution in [0.2, 0.25) is 0 Å². The Morgan fingerprint density at radius 2 is 1.83 bits per heavy atom. The summed E-state index contributed by atoms with van der Waals surface area (Å²) in [6, 6.07) is 10.5.